The van der Waals surface area contributed by atoms with Gasteiger partial charge in [-0.2, -0.15) is 0 Å². The van der Waals surface area contributed by atoms with Crippen LogP contribution in [0.15, 0.2) is 11.1 Å². The molecule has 3 atom stereocenters. The Bertz CT molecular complexity index is 990. The second-order valence-electron chi connectivity index (χ2n) is 10.7. The summed E-state index contributed by atoms with van der Waals surface area (Å²) in [6, 6.07) is 0. The van der Waals surface area contributed by atoms with Gasteiger partial charge in [0.2, 0.25) is 5.91 Å². The number of hydrogen-bond donors (Lipinski definition) is 0. The highest BCUT2D eigenvalue weighted by atomic mass is 32.1. The van der Waals surface area contributed by atoms with Crippen molar-refractivity contribution in [3.63, 3.8) is 0 Å². The number of carbonyl (C=O) groups is 1. The molecule has 3 unspecified atom stereocenters. The number of rotatable bonds is 3. The number of thiophene rings is 1. The first kappa shape index (κ1) is 21.5. The van der Waals surface area contributed by atoms with Crippen molar-refractivity contribution in [2.75, 3.05) is 13.1 Å². The van der Waals surface area contributed by atoms with Crippen LogP contribution in [-0.2, 0) is 24.2 Å². The number of hydrogen-bond acceptors (Lipinski definition) is 4. The lowest BCUT2D eigenvalue weighted by atomic mass is 9.72. The number of likely N-dealkylation sites (tertiary alicyclic amines) is 1. The van der Waals surface area contributed by atoms with Gasteiger partial charge in [0.25, 0.3) is 5.56 Å². The van der Waals surface area contributed by atoms with Crippen LogP contribution in [0, 0.1) is 23.2 Å². The Kier molecular flexibility index (Phi) is 5.82. The summed E-state index contributed by atoms with van der Waals surface area (Å²) in [6.45, 7) is 13.4. The van der Waals surface area contributed by atoms with Gasteiger partial charge in [0.15, 0.2) is 0 Å². The molecule has 0 spiro atoms. The zero-order valence-electron chi connectivity index (χ0n) is 19.0. The number of nitrogens with zero attached hydrogens (tertiary/aromatic N) is 3. The van der Waals surface area contributed by atoms with E-state index in [1.54, 1.807) is 22.2 Å². The minimum absolute atomic E-state index is 0.0277. The van der Waals surface area contributed by atoms with Crippen molar-refractivity contribution in [3.05, 3.63) is 27.1 Å². The molecule has 1 aliphatic carbocycles. The number of carbonyl (C=O) groups excluding carboxylic acids is 1. The van der Waals surface area contributed by atoms with Crippen LogP contribution in [0.2, 0.25) is 0 Å². The predicted octanol–water partition coefficient (Wildman–Crippen LogP) is 4.50. The molecule has 0 bridgehead atoms. The molecule has 0 radical (unpaired) electrons. The molecule has 1 aliphatic heterocycles. The van der Waals surface area contributed by atoms with Crippen LogP contribution in [0.3, 0.4) is 0 Å². The Morgan fingerprint density at radius 3 is 2.60 bits per heavy atom. The van der Waals surface area contributed by atoms with Crippen LogP contribution in [-0.4, -0.2) is 33.4 Å². The van der Waals surface area contributed by atoms with E-state index < -0.39 is 0 Å². The normalized spacial score (nSPS) is 24.8. The van der Waals surface area contributed by atoms with E-state index in [4.69, 9.17) is 0 Å². The van der Waals surface area contributed by atoms with Crippen LogP contribution in [0.25, 0.3) is 10.2 Å². The van der Waals surface area contributed by atoms with Gasteiger partial charge in [0.1, 0.15) is 4.83 Å². The standard InChI is InChI=1S/C24H35N3O2S/c1-15-10-16(2)13-27(12-15)20(28)8-9-26-14-25-22-21(23(26)29)18-7-6-17(24(3,4)5)11-19(18)30-22/h14-17H,6-13H2,1-5H3. The van der Waals surface area contributed by atoms with E-state index in [0.717, 1.165) is 42.6 Å². The maximum atomic E-state index is 13.2. The molecule has 0 saturated carbocycles. The van der Waals surface area contributed by atoms with Crippen LogP contribution in [0.4, 0.5) is 0 Å². The SMILES string of the molecule is CC1CC(C)CN(C(=O)CCn2cnc3sc4c(c3c2=O)CCC(C(C)(C)C)C4)C1. The van der Waals surface area contributed by atoms with Crippen molar-refractivity contribution in [2.45, 2.75) is 73.3 Å². The third kappa shape index (κ3) is 4.20. The van der Waals surface area contributed by atoms with Crippen molar-refractivity contribution >= 4 is 27.5 Å². The fraction of sp³-hybridized carbons (Fsp3) is 0.708. The van der Waals surface area contributed by atoms with Gasteiger partial charge in [-0.25, -0.2) is 4.98 Å². The van der Waals surface area contributed by atoms with Gasteiger partial charge in [0.05, 0.1) is 11.7 Å². The summed E-state index contributed by atoms with van der Waals surface area (Å²) < 4.78 is 1.65. The average Bonchev–Trinajstić information content (AvgIpc) is 3.04. The Morgan fingerprint density at radius 2 is 1.93 bits per heavy atom. The number of aromatic nitrogens is 2. The summed E-state index contributed by atoms with van der Waals surface area (Å²) in [5.41, 5.74) is 1.53. The van der Waals surface area contributed by atoms with Crippen molar-refractivity contribution in [1.29, 1.82) is 0 Å². The maximum absolute atomic E-state index is 13.2. The zero-order chi connectivity index (χ0) is 21.6. The molecule has 2 aromatic rings. The first-order valence-corrected chi connectivity index (χ1v) is 12.2. The fourth-order valence-electron chi connectivity index (χ4n) is 5.34. The molecule has 4 rings (SSSR count). The summed E-state index contributed by atoms with van der Waals surface area (Å²) >= 11 is 1.69. The summed E-state index contributed by atoms with van der Waals surface area (Å²) in [4.78, 5) is 34.8. The fourth-order valence-corrected chi connectivity index (χ4v) is 6.60. The largest absolute Gasteiger partial charge is 0.342 e. The molecule has 2 aromatic heterocycles. The molecule has 0 aromatic carbocycles. The van der Waals surface area contributed by atoms with Gasteiger partial charge < -0.3 is 4.90 Å². The van der Waals surface area contributed by atoms with Crippen LogP contribution < -0.4 is 5.56 Å². The number of amides is 1. The van der Waals surface area contributed by atoms with Crippen molar-refractivity contribution < 1.29 is 4.79 Å². The first-order chi connectivity index (χ1) is 14.1. The molecule has 3 heterocycles. The van der Waals surface area contributed by atoms with Crippen molar-refractivity contribution in [3.8, 4) is 0 Å². The van der Waals surface area contributed by atoms with Crippen LogP contribution >= 0.6 is 11.3 Å². The van der Waals surface area contributed by atoms with Crippen molar-refractivity contribution in [2.24, 2.45) is 23.2 Å². The maximum Gasteiger partial charge on any atom is 0.262 e. The van der Waals surface area contributed by atoms with E-state index in [2.05, 4.69) is 39.6 Å². The third-order valence-corrected chi connectivity index (χ3v) is 8.21. The second-order valence-corrected chi connectivity index (χ2v) is 11.8. The number of piperidine rings is 1. The highest BCUT2D eigenvalue weighted by Gasteiger charge is 2.32. The van der Waals surface area contributed by atoms with E-state index >= 15 is 0 Å². The number of fused-ring (bicyclic) bond motifs is 3. The summed E-state index contributed by atoms with van der Waals surface area (Å²) in [6.07, 6.45) is 6.32. The van der Waals surface area contributed by atoms with E-state index in [1.807, 2.05) is 4.90 Å². The summed E-state index contributed by atoms with van der Waals surface area (Å²) in [5.74, 6) is 1.90. The molecule has 1 amide bonds. The van der Waals surface area contributed by atoms with E-state index in [9.17, 15) is 9.59 Å². The van der Waals surface area contributed by atoms with E-state index in [0.29, 0.717) is 30.7 Å². The van der Waals surface area contributed by atoms with Gasteiger partial charge in [-0.15, -0.1) is 11.3 Å². The minimum Gasteiger partial charge on any atom is -0.342 e. The molecular formula is C24H35N3O2S. The molecular weight excluding hydrogens is 394 g/mol. The molecule has 30 heavy (non-hydrogen) atoms. The summed E-state index contributed by atoms with van der Waals surface area (Å²) in [5, 5.41) is 0.803. The Hall–Kier alpha value is -1.69. The molecule has 1 fully saturated rings. The molecule has 5 nitrogen and oxygen atoms in total. The van der Waals surface area contributed by atoms with Crippen molar-refractivity contribution in [1.82, 2.24) is 14.5 Å². The molecule has 164 valence electrons. The Labute approximate surface area is 183 Å². The lowest BCUT2D eigenvalue weighted by Crippen LogP contribution is -2.43. The van der Waals surface area contributed by atoms with E-state index in [1.165, 1.54) is 16.9 Å². The van der Waals surface area contributed by atoms with Gasteiger partial charge in [0, 0.05) is 30.9 Å². The van der Waals surface area contributed by atoms with Gasteiger partial charge in [-0.3, -0.25) is 14.2 Å². The monoisotopic (exact) mass is 429 g/mol. The predicted molar refractivity (Wildman–Crippen MR) is 123 cm³/mol. The quantitative estimate of drug-likeness (QED) is 0.722. The van der Waals surface area contributed by atoms with Gasteiger partial charge >= 0.3 is 0 Å². The zero-order valence-corrected chi connectivity index (χ0v) is 19.8. The highest BCUT2D eigenvalue weighted by Crippen LogP contribution is 2.41. The molecule has 6 heteroatoms. The number of aryl methyl sites for hydroxylation is 2. The van der Waals surface area contributed by atoms with E-state index in [-0.39, 0.29) is 16.9 Å². The van der Waals surface area contributed by atoms with Crippen LogP contribution in [0.1, 0.15) is 64.3 Å². The Morgan fingerprint density at radius 1 is 1.23 bits per heavy atom. The smallest absolute Gasteiger partial charge is 0.262 e. The molecule has 1 saturated heterocycles. The second kappa shape index (κ2) is 8.10. The average molecular weight is 430 g/mol. The van der Waals surface area contributed by atoms with Crippen LogP contribution in [0.5, 0.6) is 0 Å². The van der Waals surface area contributed by atoms with Gasteiger partial charge in [-0.05, 0) is 54.4 Å². The summed E-state index contributed by atoms with van der Waals surface area (Å²) in [7, 11) is 0. The first-order valence-electron chi connectivity index (χ1n) is 11.4. The van der Waals surface area contributed by atoms with Gasteiger partial charge in [-0.1, -0.05) is 34.6 Å². The molecule has 0 N–H and O–H groups in total. The Balaban J connectivity index is 1.52. The minimum atomic E-state index is 0.0277. The third-order valence-electron chi connectivity index (χ3n) is 7.05. The highest BCUT2D eigenvalue weighted by molar-refractivity contribution is 7.18. The topological polar surface area (TPSA) is 55.2 Å². The lowest BCUT2D eigenvalue weighted by Gasteiger charge is -2.35. The lowest BCUT2D eigenvalue weighted by molar-refractivity contribution is -0.134. The molecule has 2 aliphatic rings.